The first-order chi connectivity index (χ1) is 12.1. The summed E-state index contributed by atoms with van der Waals surface area (Å²) in [5.41, 5.74) is 8.17. The van der Waals surface area contributed by atoms with Gasteiger partial charge in [-0.25, -0.2) is 14.5 Å². The second kappa shape index (κ2) is 7.34. The first-order valence-electron chi connectivity index (χ1n) is 8.50. The van der Waals surface area contributed by atoms with E-state index >= 15 is 0 Å². The van der Waals surface area contributed by atoms with Crippen LogP contribution in [0.2, 0.25) is 0 Å². The molecule has 0 unspecified atom stereocenters. The zero-order valence-corrected chi connectivity index (χ0v) is 14.5. The van der Waals surface area contributed by atoms with Crippen LogP contribution in [0.5, 0.6) is 5.75 Å². The van der Waals surface area contributed by atoms with Crippen molar-refractivity contribution in [3.63, 3.8) is 0 Å². The van der Waals surface area contributed by atoms with Crippen LogP contribution in [0, 0.1) is 6.92 Å². The highest BCUT2D eigenvalue weighted by molar-refractivity contribution is 6.05. The molecule has 2 aromatic heterocycles. The van der Waals surface area contributed by atoms with Crippen molar-refractivity contribution in [3.05, 3.63) is 47.8 Å². The number of esters is 1. The van der Waals surface area contributed by atoms with Crippen LogP contribution in [-0.2, 0) is 6.54 Å². The third-order valence-electron chi connectivity index (χ3n) is 4.14. The van der Waals surface area contributed by atoms with Crippen molar-refractivity contribution in [2.45, 2.75) is 39.7 Å². The monoisotopic (exact) mass is 338 g/mol. The van der Waals surface area contributed by atoms with E-state index in [0.717, 1.165) is 25.8 Å². The molecule has 3 aromatic rings. The summed E-state index contributed by atoms with van der Waals surface area (Å²) in [6, 6.07) is 8.92. The van der Waals surface area contributed by atoms with Crippen molar-refractivity contribution in [1.82, 2.24) is 14.8 Å². The Bertz CT molecular complexity index is 887. The second-order valence-electron chi connectivity index (χ2n) is 6.00. The number of ether oxygens (including phenoxy) is 1. The number of para-hydroxylation sites is 1. The van der Waals surface area contributed by atoms with Gasteiger partial charge >= 0.3 is 5.97 Å². The highest BCUT2D eigenvalue weighted by Gasteiger charge is 2.21. The highest BCUT2D eigenvalue weighted by atomic mass is 16.5. The van der Waals surface area contributed by atoms with Crippen LogP contribution < -0.4 is 10.5 Å². The van der Waals surface area contributed by atoms with Gasteiger partial charge in [0, 0.05) is 6.54 Å². The van der Waals surface area contributed by atoms with E-state index in [4.69, 9.17) is 10.5 Å². The molecule has 0 aliphatic carbocycles. The number of anilines is 1. The normalized spacial score (nSPS) is 11.0. The smallest absolute Gasteiger partial charge is 0.347 e. The van der Waals surface area contributed by atoms with Gasteiger partial charge in [0.15, 0.2) is 5.65 Å². The van der Waals surface area contributed by atoms with Crippen LogP contribution in [0.4, 0.5) is 5.69 Å². The number of aromatic nitrogens is 3. The molecule has 0 amide bonds. The number of pyridine rings is 1. The lowest BCUT2D eigenvalue weighted by atomic mass is 10.1. The van der Waals surface area contributed by atoms with Crippen LogP contribution in [0.1, 0.15) is 42.2 Å². The topological polar surface area (TPSA) is 83.0 Å². The number of nitrogen functional groups attached to an aromatic ring is 1. The molecule has 0 bridgehead atoms. The van der Waals surface area contributed by atoms with Crippen molar-refractivity contribution in [2.75, 3.05) is 5.73 Å². The fourth-order valence-electron chi connectivity index (χ4n) is 2.81. The van der Waals surface area contributed by atoms with E-state index < -0.39 is 5.97 Å². The Balaban J connectivity index is 1.93. The maximum absolute atomic E-state index is 12.5. The number of fused-ring (bicyclic) bond motifs is 1. The van der Waals surface area contributed by atoms with Gasteiger partial charge in [-0.1, -0.05) is 38.0 Å². The van der Waals surface area contributed by atoms with Gasteiger partial charge in [0.25, 0.3) is 0 Å². The van der Waals surface area contributed by atoms with E-state index in [1.807, 2.05) is 10.7 Å². The number of nitrogens with zero attached hydrogens (tertiary/aromatic N) is 3. The molecule has 0 atom stereocenters. The van der Waals surface area contributed by atoms with Gasteiger partial charge < -0.3 is 10.5 Å². The quantitative estimate of drug-likeness (QED) is 0.420. The lowest BCUT2D eigenvalue weighted by Crippen LogP contribution is -2.15. The van der Waals surface area contributed by atoms with Crippen LogP contribution in [0.3, 0.4) is 0 Å². The summed E-state index contributed by atoms with van der Waals surface area (Å²) >= 11 is 0. The molecule has 2 heterocycles. The van der Waals surface area contributed by atoms with Gasteiger partial charge in [0.1, 0.15) is 11.3 Å². The molecule has 0 saturated carbocycles. The molecular weight excluding hydrogens is 316 g/mol. The van der Waals surface area contributed by atoms with E-state index in [1.165, 1.54) is 0 Å². The van der Waals surface area contributed by atoms with Gasteiger partial charge in [0.2, 0.25) is 0 Å². The number of aryl methyl sites for hydroxylation is 2. The Morgan fingerprint density at radius 2 is 2.00 bits per heavy atom. The number of benzene rings is 1. The minimum atomic E-state index is -0.505. The number of carbonyl (C=O) groups is 1. The zero-order valence-electron chi connectivity index (χ0n) is 14.5. The fourth-order valence-corrected chi connectivity index (χ4v) is 2.81. The Labute approximate surface area is 146 Å². The molecule has 1 aromatic carbocycles. The lowest BCUT2D eigenvalue weighted by molar-refractivity contribution is 0.0735. The minimum absolute atomic E-state index is 0.296. The molecule has 0 spiro atoms. The Morgan fingerprint density at radius 1 is 1.24 bits per heavy atom. The average Bonchev–Trinajstić information content (AvgIpc) is 2.99. The summed E-state index contributed by atoms with van der Waals surface area (Å²) in [6.45, 7) is 4.71. The zero-order chi connectivity index (χ0) is 17.8. The molecule has 0 aliphatic rings. The molecule has 2 N–H and O–H groups in total. The molecule has 0 radical (unpaired) electrons. The molecule has 6 heteroatoms. The molecule has 0 saturated heterocycles. The molecular formula is C19H22N4O2. The fraction of sp³-hybridized carbons (Fsp3) is 0.316. The van der Waals surface area contributed by atoms with E-state index in [9.17, 15) is 4.79 Å². The summed E-state index contributed by atoms with van der Waals surface area (Å²) in [4.78, 5) is 17.1. The highest BCUT2D eigenvalue weighted by Crippen LogP contribution is 2.27. The summed E-state index contributed by atoms with van der Waals surface area (Å²) in [7, 11) is 0. The van der Waals surface area contributed by atoms with Crippen LogP contribution in [-0.4, -0.2) is 20.7 Å². The summed E-state index contributed by atoms with van der Waals surface area (Å²) in [6.07, 6.45) is 4.98. The van der Waals surface area contributed by atoms with Crippen LogP contribution in [0.25, 0.3) is 11.0 Å². The lowest BCUT2D eigenvalue weighted by Gasteiger charge is -2.10. The Kier molecular flexibility index (Phi) is 4.97. The van der Waals surface area contributed by atoms with Crippen molar-refractivity contribution >= 4 is 22.7 Å². The molecule has 0 aliphatic heterocycles. The number of rotatable bonds is 6. The maximum Gasteiger partial charge on any atom is 0.347 e. The van der Waals surface area contributed by atoms with Gasteiger partial charge in [0.05, 0.1) is 23.0 Å². The van der Waals surface area contributed by atoms with E-state index in [2.05, 4.69) is 17.0 Å². The second-order valence-corrected chi connectivity index (χ2v) is 6.00. The molecule has 0 fully saturated rings. The molecule has 130 valence electrons. The Hall–Kier alpha value is -2.89. The van der Waals surface area contributed by atoms with Crippen molar-refractivity contribution < 1.29 is 9.53 Å². The third-order valence-corrected chi connectivity index (χ3v) is 4.14. The number of carbonyl (C=O) groups excluding carboxylic acids is 1. The third kappa shape index (κ3) is 3.47. The Morgan fingerprint density at radius 3 is 2.72 bits per heavy atom. The van der Waals surface area contributed by atoms with Crippen molar-refractivity contribution in [2.24, 2.45) is 0 Å². The van der Waals surface area contributed by atoms with Gasteiger partial charge in [-0.05, 0) is 25.5 Å². The van der Waals surface area contributed by atoms with Crippen molar-refractivity contribution in [1.29, 1.82) is 0 Å². The van der Waals surface area contributed by atoms with Crippen LogP contribution >= 0.6 is 0 Å². The average molecular weight is 338 g/mol. The minimum Gasteiger partial charge on any atom is -0.423 e. The van der Waals surface area contributed by atoms with Crippen molar-refractivity contribution in [3.8, 4) is 5.75 Å². The number of unbranched alkanes of at least 4 members (excludes halogenated alkanes) is 2. The maximum atomic E-state index is 12.5. The van der Waals surface area contributed by atoms with E-state index in [1.54, 1.807) is 37.4 Å². The number of hydrogen-bond donors (Lipinski definition) is 1. The summed E-state index contributed by atoms with van der Waals surface area (Å²) < 4.78 is 7.26. The standard InChI is InChI=1S/C19H22N4O2/c1-3-4-8-11-23-18-15(12-21-23)17(20)16(13(2)22-18)19(24)25-14-9-6-5-7-10-14/h5-7,9-10,12H,3-4,8,11H2,1-2H3,(H2,20,22). The van der Waals surface area contributed by atoms with Crippen LogP contribution in [0.15, 0.2) is 36.5 Å². The molecule has 3 rings (SSSR count). The molecule has 6 nitrogen and oxygen atoms in total. The van der Waals surface area contributed by atoms with Gasteiger partial charge in [-0.3, -0.25) is 0 Å². The van der Waals surface area contributed by atoms with Gasteiger partial charge in [-0.15, -0.1) is 0 Å². The largest absolute Gasteiger partial charge is 0.423 e. The van der Waals surface area contributed by atoms with Gasteiger partial charge in [-0.2, -0.15) is 5.10 Å². The first-order valence-corrected chi connectivity index (χ1v) is 8.50. The van der Waals surface area contributed by atoms with E-state index in [-0.39, 0.29) is 0 Å². The van der Waals surface area contributed by atoms with E-state index in [0.29, 0.717) is 33.7 Å². The predicted octanol–water partition coefficient (Wildman–Crippen LogP) is 3.73. The number of hydrogen-bond acceptors (Lipinski definition) is 5. The summed E-state index contributed by atoms with van der Waals surface area (Å²) in [5.74, 6) is -0.0315. The SMILES string of the molecule is CCCCCn1ncc2c(N)c(C(=O)Oc3ccccc3)c(C)nc21. The number of nitrogens with two attached hydrogens (primary N) is 1. The summed E-state index contributed by atoms with van der Waals surface area (Å²) in [5, 5.41) is 5.06. The first kappa shape index (κ1) is 17.0. The predicted molar refractivity (Wildman–Crippen MR) is 97.6 cm³/mol. The molecule has 25 heavy (non-hydrogen) atoms.